The molecule has 0 saturated carbocycles. The molecule has 4 rings (SSSR count). The summed E-state index contributed by atoms with van der Waals surface area (Å²) >= 11 is 5.72. The second kappa shape index (κ2) is 9.87. The Balaban J connectivity index is 1.35. The number of hydrogen-bond donors (Lipinski definition) is 1. The van der Waals surface area contributed by atoms with E-state index in [2.05, 4.69) is 10.4 Å². The number of amides is 1. The number of carbonyl (C=O) groups is 1. The summed E-state index contributed by atoms with van der Waals surface area (Å²) < 4.78 is 52.0. The van der Waals surface area contributed by atoms with Crippen LogP contribution in [-0.4, -0.2) is 54.7 Å². The van der Waals surface area contributed by atoms with Gasteiger partial charge in [0.1, 0.15) is 11.6 Å². The molecule has 0 unspecified atom stereocenters. The molecule has 3 aromatic rings. The van der Waals surface area contributed by atoms with Gasteiger partial charge in [0.05, 0.1) is 23.1 Å². The molecule has 174 valence electrons. The molecule has 2 aromatic carbocycles. The Labute approximate surface area is 194 Å². The van der Waals surface area contributed by atoms with Crippen LogP contribution in [0.1, 0.15) is 10.5 Å². The number of carbonyl (C=O) groups excluding carboxylic acids is 1. The highest BCUT2D eigenvalue weighted by Crippen LogP contribution is 2.22. The predicted octanol–water partition coefficient (Wildman–Crippen LogP) is 2.99. The van der Waals surface area contributed by atoms with Crippen LogP contribution in [0.25, 0.3) is 0 Å². The average molecular weight is 495 g/mol. The van der Waals surface area contributed by atoms with Crippen molar-refractivity contribution in [3.05, 3.63) is 71.3 Å². The van der Waals surface area contributed by atoms with Gasteiger partial charge in [-0.25, -0.2) is 17.5 Å². The SMILES string of the molecule is O=C(Nc1ccc(S(=O)(=O)N2CCOCC2)cc1)c1ccn(COc2ccc(F)c(Cl)c2)n1. The van der Waals surface area contributed by atoms with Crippen LogP contribution in [0.4, 0.5) is 10.1 Å². The molecule has 33 heavy (non-hydrogen) atoms. The molecule has 1 fully saturated rings. The van der Waals surface area contributed by atoms with Crippen LogP contribution in [-0.2, 0) is 21.5 Å². The van der Waals surface area contributed by atoms with E-state index in [0.29, 0.717) is 37.7 Å². The van der Waals surface area contributed by atoms with Crippen LogP contribution < -0.4 is 10.1 Å². The van der Waals surface area contributed by atoms with Crippen molar-refractivity contribution >= 4 is 33.2 Å². The molecule has 12 heteroatoms. The quantitative estimate of drug-likeness (QED) is 0.541. The lowest BCUT2D eigenvalue weighted by Crippen LogP contribution is -2.40. The molecule has 1 saturated heterocycles. The summed E-state index contributed by atoms with van der Waals surface area (Å²) in [6.07, 6.45) is 1.55. The van der Waals surface area contributed by atoms with Gasteiger partial charge in [0.25, 0.3) is 5.91 Å². The molecule has 1 aromatic heterocycles. The molecule has 1 aliphatic rings. The fourth-order valence-electron chi connectivity index (χ4n) is 3.10. The summed E-state index contributed by atoms with van der Waals surface area (Å²) in [5, 5.41) is 6.75. The standard InChI is InChI=1S/C21H20ClFN4O5S/c22-18-13-16(3-6-19(18)23)32-14-26-8-7-20(25-26)21(28)24-15-1-4-17(5-2-15)33(29,30)27-9-11-31-12-10-27/h1-8,13H,9-12,14H2,(H,24,28). The third kappa shape index (κ3) is 5.50. The summed E-state index contributed by atoms with van der Waals surface area (Å²) in [7, 11) is -3.61. The van der Waals surface area contributed by atoms with Crippen LogP contribution in [0.15, 0.2) is 59.6 Å². The van der Waals surface area contributed by atoms with Gasteiger partial charge < -0.3 is 14.8 Å². The zero-order chi connectivity index (χ0) is 23.4. The summed E-state index contributed by atoms with van der Waals surface area (Å²) in [5.74, 6) is -0.661. The van der Waals surface area contributed by atoms with E-state index in [0.717, 1.165) is 0 Å². The van der Waals surface area contributed by atoms with E-state index >= 15 is 0 Å². The highest BCUT2D eigenvalue weighted by atomic mass is 35.5. The number of rotatable bonds is 7. The van der Waals surface area contributed by atoms with Gasteiger partial charge in [-0.1, -0.05) is 11.6 Å². The van der Waals surface area contributed by atoms with Crippen LogP contribution in [0.5, 0.6) is 5.75 Å². The minimum absolute atomic E-state index is 0.0106. The zero-order valence-electron chi connectivity index (χ0n) is 17.3. The Morgan fingerprint density at radius 3 is 2.58 bits per heavy atom. The second-order valence-corrected chi connectivity index (χ2v) is 9.43. The zero-order valence-corrected chi connectivity index (χ0v) is 18.9. The van der Waals surface area contributed by atoms with Crippen LogP contribution in [0.3, 0.4) is 0 Å². The molecule has 0 atom stereocenters. The number of benzene rings is 2. The third-order valence-corrected chi connectivity index (χ3v) is 7.05. The van der Waals surface area contributed by atoms with Crippen molar-refractivity contribution in [2.45, 2.75) is 11.6 Å². The molecule has 1 aliphatic heterocycles. The molecule has 2 heterocycles. The van der Waals surface area contributed by atoms with Crippen molar-refractivity contribution in [1.82, 2.24) is 14.1 Å². The van der Waals surface area contributed by atoms with Crippen molar-refractivity contribution < 1.29 is 27.1 Å². The molecule has 9 nitrogen and oxygen atoms in total. The predicted molar refractivity (Wildman–Crippen MR) is 118 cm³/mol. The first kappa shape index (κ1) is 23.2. The van der Waals surface area contributed by atoms with E-state index in [4.69, 9.17) is 21.1 Å². The highest BCUT2D eigenvalue weighted by Gasteiger charge is 2.26. The average Bonchev–Trinajstić information content (AvgIpc) is 3.30. The van der Waals surface area contributed by atoms with Crippen molar-refractivity contribution in [3.8, 4) is 5.75 Å². The summed E-state index contributed by atoms with van der Waals surface area (Å²) in [4.78, 5) is 12.6. The number of nitrogens with zero attached hydrogens (tertiary/aromatic N) is 3. The lowest BCUT2D eigenvalue weighted by Gasteiger charge is -2.26. The maximum atomic E-state index is 13.2. The van der Waals surface area contributed by atoms with Crippen LogP contribution in [0, 0.1) is 5.82 Å². The molecule has 1 amide bonds. The van der Waals surface area contributed by atoms with Gasteiger partial charge in [-0.2, -0.15) is 9.40 Å². The largest absolute Gasteiger partial charge is 0.471 e. The highest BCUT2D eigenvalue weighted by molar-refractivity contribution is 7.89. The lowest BCUT2D eigenvalue weighted by molar-refractivity contribution is 0.0730. The van der Waals surface area contributed by atoms with Gasteiger partial charge in [-0.15, -0.1) is 0 Å². The van der Waals surface area contributed by atoms with E-state index in [1.165, 1.54) is 57.5 Å². The van der Waals surface area contributed by atoms with Gasteiger partial charge in [0.15, 0.2) is 12.4 Å². The first-order valence-corrected chi connectivity index (χ1v) is 11.8. The number of hydrogen-bond acceptors (Lipinski definition) is 6. The smallest absolute Gasteiger partial charge is 0.276 e. The monoisotopic (exact) mass is 494 g/mol. The number of halogens is 2. The first-order chi connectivity index (χ1) is 15.8. The molecule has 0 aliphatic carbocycles. The van der Waals surface area contributed by atoms with Crippen molar-refractivity contribution in [2.24, 2.45) is 0 Å². The van der Waals surface area contributed by atoms with Gasteiger partial charge >= 0.3 is 0 Å². The number of sulfonamides is 1. The van der Waals surface area contributed by atoms with E-state index in [1.807, 2.05) is 0 Å². The topological polar surface area (TPSA) is 103 Å². The maximum absolute atomic E-state index is 13.2. The Bertz CT molecular complexity index is 1240. The fourth-order valence-corrected chi connectivity index (χ4v) is 4.68. The van der Waals surface area contributed by atoms with Gasteiger partial charge in [0, 0.05) is 31.0 Å². The molecular weight excluding hydrogens is 475 g/mol. The van der Waals surface area contributed by atoms with E-state index in [-0.39, 0.29) is 22.3 Å². The fraction of sp³-hybridized carbons (Fsp3) is 0.238. The Kier molecular flexibility index (Phi) is 6.94. The number of ether oxygens (including phenoxy) is 2. The first-order valence-electron chi connectivity index (χ1n) is 9.93. The van der Waals surface area contributed by atoms with E-state index in [1.54, 1.807) is 6.20 Å². The lowest BCUT2D eigenvalue weighted by atomic mass is 10.3. The third-order valence-electron chi connectivity index (χ3n) is 4.85. The van der Waals surface area contributed by atoms with Gasteiger partial charge in [-0.05, 0) is 42.5 Å². The number of aromatic nitrogens is 2. The maximum Gasteiger partial charge on any atom is 0.276 e. The molecule has 0 radical (unpaired) electrons. The summed E-state index contributed by atoms with van der Waals surface area (Å²) in [6, 6.07) is 11.4. The minimum Gasteiger partial charge on any atom is -0.471 e. The molecule has 0 spiro atoms. The van der Waals surface area contributed by atoms with Crippen molar-refractivity contribution in [2.75, 3.05) is 31.6 Å². The summed E-state index contributed by atoms with van der Waals surface area (Å²) in [6.45, 7) is 1.33. The summed E-state index contributed by atoms with van der Waals surface area (Å²) in [5.41, 5.74) is 0.563. The number of morpholine rings is 1. The van der Waals surface area contributed by atoms with Crippen LogP contribution >= 0.6 is 11.6 Å². The van der Waals surface area contributed by atoms with E-state index in [9.17, 15) is 17.6 Å². The second-order valence-electron chi connectivity index (χ2n) is 7.08. The van der Waals surface area contributed by atoms with Crippen LogP contribution in [0.2, 0.25) is 5.02 Å². The molecule has 1 N–H and O–H groups in total. The van der Waals surface area contributed by atoms with Crippen molar-refractivity contribution in [3.63, 3.8) is 0 Å². The Hall–Kier alpha value is -2.99. The molecular formula is C21H20ClFN4O5S. The number of nitrogens with one attached hydrogen (secondary N) is 1. The van der Waals surface area contributed by atoms with E-state index < -0.39 is 21.7 Å². The number of anilines is 1. The minimum atomic E-state index is -3.61. The normalized spacial score (nSPS) is 14.7. The van der Waals surface area contributed by atoms with Gasteiger partial charge in [-0.3, -0.25) is 4.79 Å². The molecule has 0 bridgehead atoms. The Morgan fingerprint density at radius 2 is 1.88 bits per heavy atom. The van der Waals surface area contributed by atoms with Crippen molar-refractivity contribution in [1.29, 1.82) is 0 Å². The van der Waals surface area contributed by atoms with Gasteiger partial charge in [0.2, 0.25) is 10.0 Å². The Morgan fingerprint density at radius 1 is 1.15 bits per heavy atom.